The van der Waals surface area contributed by atoms with E-state index in [-0.39, 0.29) is 0 Å². The van der Waals surface area contributed by atoms with Crippen LogP contribution in [0.15, 0.2) is 47.6 Å². The second-order valence-corrected chi connectivity index (χ2v) is 11.2. The number of aryl methyl sites for hydroxylation is 1. The summed E-state index contributed by atoms with van der Waals surface area (Å²) >= 11 is 3.37. The van der Waals surface area contributed by atoms with Gasteiger partial charge < -0.3 is 9.47 Å². The van der Waals surface area contributed by atoms with Gasteiger partial charge in [0.15, 0.2) is 11.0 Å². The van der Waals surface area contributed by atoms with E-state index in [1.165, 1.54) is 28.8 Å². The van der Waals surface area contributed by atoms with Gasteiger partial charge in [0.1, 0.15) is 0 Å². The van der Waals surface area contributed by atoms with Crippen LogP contribution in [-0.2, 0) is 13.2 Å². The first-order chi connectivity index (χ1) is 16.8. The van der Waals surface area contributed by atoms with Crippen molar-refractivity contribution in [3.63, 3.8) is 0 Å². The summed E-state index contributed by atoms with van der Waals surface area (Å²) in [6, 6.07) is 11.8. The lowest BCUT2D eigenvalue weighted by molar-refractivity contribution is -0.137. The first-order valence-corrected chi connectivity index (χ1v) is 13.4. The average Bonchev–Trinajstić information content (AvgIpc) is 3.54. The molecule has 184 valence electrons. The molecule has 0 saturated carbocycles. The molecule has 0 amide bonds. The summed E-state index contributed by atoms with van der Waals surface area (Å²) in [4.78, 5) is 7.16. The highest BCUT2D eigenvalue weighted by molar-refractivity contribution is 7.99. The Balaban J connectivity index is 1.11. The Labute approximate surface area is 210 Å². The molecule has 4 aromatic rings. The lowest BCUT2D eigenvalue weighted by Crippen LogP contribution is -2.22. The number of halogens is 3. The number of nitrogens with zero attached hydrogens (tertiary/aromatic N) is 5. The molecule has 2 aromatic carbocycles. The molecule has 0 unspecified atom stereocenters. The Bertz CT molecular complexity index is 1310. The first-order valence-electron chi connectivity index (χ1n) is 11.6. The number of thioether (sulfide) groups is 1. The summed E-state index contributed by atoms with van der Waals surface area (Å²) in [6.45, 7) is 5.26. The number of benzene rings is 2. The highest BCUT2D eigenvalue weighted by Crippen LogP contribution is 2.32. The number of likely N-dealkylation sites (tertiary alicyclic amines) is 1. The number of hydrogen-bond donors (Lipinski definition) is 0. The second-order valence-electron chi connectivity index (χ2n) is 8.89. The SMILES string of the molecule is Cc1nc2cc([C@@H]3CCN(CCCSc4nnc(-c5ccc(C(F)(F)F)cc5)n4C)C3)ccc2s1. The minimum Gasteiger partial charge on any atom is -0.305 e. The summed E-state index contributed by atoms with van der Waals surface area (Å²) in [7, 11) is 1.85. The van der Waals surface area contributed by atoms with Gasteiger partial charge in [-0.1, -0.05) is 30.0 Å². The molecule has 0 spiro atoms. The van der Waals surface area contributed by atoms with Crippen molar-refractivity contribution >= 4 is 33.3 Å². The van der Waals surface area contributed by atoms with Gasteiger partial charge >= 0.3 is 6.18 Å². The molecule has 1 fully saturated rings. The molecule has 1 aliphatic heterocycles. The third kappa shape index (κ3) is 5.39. The summed E-state index contributed by atoms with van der Waals surface area (Å²) in [5.74, 6) is 2.03. The van der Waals surface area contributed by atoms with Crippen molar-refractivity contribution in [1.29, 1.82) is 0 Å². The fourth-order valence-corrected chi connectivity index (χ4v) is 6.22. The van der Waals surface area contributed by atoms with Crippen molar-refractivity contribution in [1.82, 2.24) is 24.6 Å². The van der Waals surface area contributed by atoms with Crippen LogP contribution in [0.4, 0.5) is 13.2 Å². The lowest BCUT2D eigenvalue weighted by Gasteiger charge is -2.16. The van der Waals surface area contributed by atoms with Crippen LogP contribution >= 0.6 is 23.1 Å². The van der Waals surface area contributed by atoms with E-state index in [2.05, 4.69) is 45.2 Å². The van der Waals surface area contributed by atoms with Gasteiger partial charge in [-0.05, 0) is 68.6 Å². The van der Waals surface area contributed by atoms with E-state index in [1.54, 1.807) is 23.1 Å². The van der Waals surface area contributed by atoms with E-state index in [1.807, 2.05) is 11.6 Å². The molecule has 5 nitrogen and oxygen atoms in total. The number of fused-ring (bicyclic) bond motifs is 1. The Kier molecular flexibility index (Phi) is 6.87. The van der Waals surface area contributed by atoms with Crippen LogP contribution in [0, 0.1) is 6.92 Å². The van der Waals surface area contributed by atoms with Crippen LogP contribution in [0.25, 0.3) is 21.6 Å². The normalized spacial score (nSPS) is 17.0. The molecule has 1 atom stereocenters. The average molecular weight is 518 g/mol. The highest BCUT2D eigenvalue weighted by atomic mass is 32.2. The number of aromatic nitrogens is 4. The summed E-state index contributed by atoms with van der Waals surface area (Å²) in [5.41, 5.74) is 2.45. The number of alkyl halides is 3. The predicted octanol–water partition coefficient (Wildman–Crippen LogP) is 6.39. The van der Waals surface area contributed by atoms with Gasteiger partial charge in [-0.2, -0.15) is 13.2 Å². The predicted molar refractivity (Wildman–Crippen MR) is 135 cm³/mol. The Hall–Kier alpha value is -2.43. The minimum atomic E-state index is -4.34. The van der Waals surface area contributed by atoms with Crippen LogP contribution in [0.1, 0.15) is 34.9 Å². The maximum absolute atomic E-state index is 12.8. The Morgan fingerprint density at radius 1 is 1.11 bits per heavy atom. The molecule has 0 bridgehead atoms. The molecule has 1 aliphatic rings. The highest BCUT2D eigenvalue weighted by Gasteiger charge is 2.30. The zero-order valence-corrected chi connectivity index (χ0v) is 21.2. The second kappa shape index (κ2) is 9.91. The molecular weight excluding hydrogens is 491 g/mol. The van der Waals surface area contributed by atoms with Gasteiger partial charge in [0.25, 0.3) is 0 Å². The zero-order chi connectivity index (χ0) is 24.6. The fourth-order valence-electron chi connectivity index (χ4n) is 4.57. The molecule has 0 radical (unpaired) electrons. The van der Waals surface area contributed by atoms with Gasteiger partial charge in [0.05, 0.1) is 20.8 Å². The van der Waals surface area contributed by atoms with Gasteiger partial charge in [0.2, 0.25) is 0 Å². The number of thiazole rings is 1. The fraction of sp³-hybridized carbons (Fsp3) is 0.400. The van der Waals surface area contributed by atoms with Crippen LogP contribution in [0.2, 0.25) is 0 Å². The molecule has 1 saturated heterocycles. The Morgan fingerprint density at radius 2 is 1.91 bits per heavy atom. The quantitative estimate of drug-likeness (QED) is 0.210. The van der Waals surface area contributed by atoms with E-state index < -0.39 is 11.7 Å². The molecule has 35 heavy (non-hydrogen) atoms. The van der Waals surface area contributed by atoms with E-state index in [9.17, 15) is 13.2 Å². The van der Waals surface area contributed by atoms with E-state index in [4.69, 9.17) is 0 Å². The van der Waals surface area contributed by atoms with Gasteiger partial charge in [-0.25, -0.2) is 4.98 Å². The molecule has 2 aromatic heterocycles. The topological polar surface area (TPSA) is 46.8 Å². The van der Waals surface area contributed by atoms with Crippen LogP contribution in [0.3, 0.4) is 0 Å². The maximum atomic E-state index is 12.8. The summed E-state index contributed by atoms with van der Waals surface area (Å²) in [5, 5.41) is 10.3. The number of hydrogen-bond acceptors (Lipinski definition) is 6. The molecule has 5 rings (SSSR count). The van der Waals surface area contributed by atoms with Crippen molar-refractivity contribution < 1.29 is 13.2 Å². The third-order valence-corrected chi connectivity index (χ3v) is 8.48. The van der Waals surface area contributed by atoms with Gasteiger partial charge in [-0.15, -0.1) is 21.5 Å². The monoisotopic (exact) mass is 517 g/mol. The number of rotatable bonds is 7. The van der Waals surface area contributed by atoms with Crippen LogP contribution in [-0.4, -0.2) is 50.0 Å². The molecular formula is C25H26F3N5S2. The summed E-state index contributed by atoms with van der Waals surface area (Å²) in [6.07, 6.45) is -2.14. The maximum Gasteiger partial charge on any atom is 0.416 e. The minimum absolute atomic E-state index is 0.555. The molecule has 0 N–H and O–H groups in total. The van der Waals surface area contributed by atoms with Crippen molar-refractivity contribution in [3.8, 4) is 11.4 Å². The van der Waals surface area contributed by atoms with Gasteiger partial charge in [-0.3, -0.25) is 0 Å². The molecule has 0 aliphatic carbocycles. The van der Waals surface area contributed by atoms with Gasteiger partial charge in [0, 0.05) is 24.9 Å². The van der Waals surface area contributed by atoms with E-state index >= 15 is 0 Å². The van der Waals surface area contributed by atoms with Crippen LogP contribution in [0.5, 0.6) is 0 Å². The molecule has 10 heteroatoms. The van der Waals surface area contributed by atoms with Crippen molar-refractivity contribution in [2.45, 2.75) is 37.0 Å². The van der Waals surface area contributed by atoms with E-state index in [0.29, 0.717) is 17.3 Å². The Morgan fingerprint density at radius 3 is 2.69 bits per heavy atom. The first kappa shape index (κ1) is 24.3. The standard InChI is InChI=1S/C25H26F3N5S2/c1-16-29-21-14-18(6-9-22(21)35-16)19-10-12-33(15-19)11-3-13-34-24-31-30-23(32(24)2)17-4-7-20(8-5-17)25(26,27)28/h4-9,14,19H,3,10-13,15H2,1-2H3/t19-/m1/s1. The molecule has 3 heterocycles. The third-order valence-electron chi connectivity index (χ3n) is 6.42. The zero-order valence-electron chi connectivity index (χ0n) is 19.5. The smallest absolute Gasteiger partial charge is 0.305 e. The van der Waals surface area contributed by atoms with Crippen molar-refractivity contribution in [3.05, 3.63) is 58.6 Å². The lowest BCUT2D eigenvalue weighted by atomic mass is 9.98. The van der Waals surface area contributed by atoms with Crippen molar-refractivity contribution in [2.24, 2.45) is 7.05 Å². The van der Waals surface area contributed by atoms with Crippen LogP contribution < -0.4 is 0 Å². The van der Waals surface area contributed by atoms with E-state index in [0.717, 1.165) is 59.6 Å². The van der Waals surface area contributed by atoms with Crippen molar-refractivity contribution in [2.75, 3.05) is 25.4 Å². The summed E-state index contributed by atoms with van der Waals surface area (Å²) < 4.78 is 41.5. The largest absolute Gasteiger partial charge is 0.416 e.